The van der Waals surface area contributed by atoms with Crippen molar-refractivity contribution in [3.05, 3.63) is 109 Å². The number of rotatable bonds is 50. The van der Waals surface area contributed by atoms with E-state index in [-0.39, 0.29) is 31.1 Å². The minimum atomic E-state index is -0.798. The first-order chi connectivity index (χ1) is 34.0. The first-order valence-electron chi connectivity index (χ1n) is 28.4. The molecular weight excluding hydrogens is 853 g/mol. The van der Waals surface area contributed by atoms with Gasteiger partial charge in [0.05, 0.1) is 0 Å². The van der Waals surface area contributed by atoms with Crippen LogP contribution >= 0.6 is 0 Å². The van der Waals surface area contributed by atoms with Crippen LogP contribution in [0.15, 0.2) is 109 Å². The van der Waals surface area contributed by atoms with E-state index in [1.165, 1.54) is 89.9 Å². The van der Waals surface area contributed by atoms with Crippen LogP contribution in [0.3, 0.4) is 0 Å². The topological polar surface area (TPSA) is 78.9 Å². The Morgan fingerprint density at radius 3 is 0.971 bits per heavy atom. The Hall–Kier alpha value is -3.93. The molecule has 0 amide bonds. The van der Waals surface area contributed by atoms with Crippen molar-refractivity contribution in [2.24, 2.45) is 0 Å². The lowest BCUT2D eigenvalue weighted by atomic mass is 10.0. The lowest BCUT2D eigenvalue weighted by Crippen LogP contribution is -2.30. The van der Waals surface area contributed by atoms with Crippen molar-refractivity contribution >= 4 is 17.9 Å². The highest BCUT2D eigenvalue weighted by Crippen LogP contribution is 2.15. The third kappa shape index (κ3) is 54.9. The smallest absolute Gasteiger partial charge is 0.306 e. The second-order valence-corrected chi connectivity index (χ2v) is 18.5. The predicted molar refractivity (Wildman–Crippen MR) is 297 cm³/mol. The molecule has 0 saturated carbocycles. The molecule has 0 aromatic rings. The van der Waals surface area contributed by atoms with Gasteiger partial charge in [0.15, 0.2) is 6.10 Å². The summed E-state index contributed by atoms with van der Waals surface area (Å²) in [5, 5.41) is 0. The van der Waals surface area contributed by atoms with Gasteiger partial charge in [-0.2, -0.15) is 0 Å². The van der Waals surface area contributed by atoms with E-state index in [1.54, 1.807) is 0 Å². The highest BCUT2D eigenvalue weighted by molar-refractivity contribution is 5.71. The standard InChI is InChI=1S/C63H104O6/c1-4-7-10-13-16-19-22-24-25-26-27-28-29-30-31-32-33-34-35-36-37-39-41-44-47-50-53-56-62(65)68-59-60(58-67-61(64)55-52-49-46-43-40-21-18-15-12-9-6-3)69-63(66)57-54-51-48-45-42-38-23-20-17-14-11-8-5-2/h7,10,15-16,18-19,24-25,27-28,30-31,33-34,36-37,41,44,60H,4-6,8-9,11-14,17,20-23,26,29,32,35,38-40,42-43,45-59H2,1-3H3/b10-7-,18-15-,19-16-,25-24-,28-27-,31-30-,34-33-,37-36-,44-41-. The molecule has 69 heavy (non-hydrogen) atoms. The van der Waals surface area contributed by atoms with Crippen LogP contribution in [0.4, 0.5) is 0 Å². The summed E-state index contributed by atoms with van der Waals surface area (Å²) in [5.74, 6) is -0.950. The molecular formula is C63H104O6. The average Bonchev–Trinajstić information content (AvgIpc) is 3.35. The fourth-order valence-corrected chi connectivity index (χ4v) is 7.50. The first-order valence-corrected chi connectivity index (χ1v) is 28.4. The number of ether oxygens (including phenoxy) is 3. The number of unbranched alkanes of at least 4 members (excludes halogenated alkanes) is 21. The molecule has 0 fully saturated rings. The molecule has 0 aliphatic heterocycles. The van der Waals surface area contributed by atoms with E-state index in [0.717, 1.165) is 122 Å². The lowest BCUT2D eigenvalue weighted by molar-refractivity contribution is -0.167. The van der Waals surface area contributed by atoms with Gasteiger partial charge in [-0.3, -0.25) is 14.4 Å². The zero-order chi connectivity index (χ0) is 50.0. The highest BCUT2D eigenvalue weighted by atomic mass is 16.6. The largest absolute Gasteiger partial charge is 0.462 e. The summed E-state index contributed by atoms with van der Waals surface area (Å²) in [6.07, 6.45) is 76.6. The Labute approximate surface area is 425 Å². The Bertz CT molecular complexity index is 1420. The van der Waals surface area contributed by atoms with E-state index in [2.05, 4.69) is 130 Å². The van der Waals surface area contributed by atoms with Gasteiger partial charge in [-0.15, -0.1) is 0 Å². The Morgan fingerprint density at radius 1 is 0.304 bits per heavy atom. The molecule has 1 unspecified atom stereocenters. The molecule has 0 rings (SSSR count). The molecule has 6 heteroatoms. The van der Waals surface area contributed by atoms with Gasteiger partial charge in [0, 0.05) is 19.3 Å². The molecule has 6 nitrogen and oxygen atoms in total. The van der Waals surface area contributed by atoms with Crippen molar-refractivity contribution in [3.8, 4) is 0 Å². The fourth-order valence-electron chi connectivity index (χ4n) is 7.50. The SMILES string of the molecule is CC/C=C\C/C=C\C/C=C\C/C=C\C/C=C\C/C=C\C/C=C\C/C=C\CCCCC(=O)OCC(COC(=O)CCCCCCC/C=C\CCCC)OC(=O)CCCCCCCCCCCCCCC. The Balaban J connectivity index is 4.38. The van der Waals surface area contributed by atoms with Crippen LogP contribution in [0.25, 0.3) is 0 Å². The molecule has 0 spiro atoms. The minimum Gasteiger partial charge on any atom is -0.462 e. The summed E-state index contributed by atoms with van der Waals surface area (Å²) < 4.78 is 16.8. The van der Waals surface area contributed by atoms with E-state index in [0.29, 0.717) is 19.3 Å². The quantitative estimate of drug-likeness (QED) is 0.0262. The second-order valence-electron chi connectivity index (χ2n) is 18.5. The molecule has 0 N–H and O–H groups in total. The van der Waals surface area contributed by atoms with Crippen LogP contribution in [-0.2, 0) is 28.6 Å². The molecule has 0 bridgehead atoms. The minimum absolute atomic E-state index is 0.0958. The molecule has 0 radical (unpaired) electrons. The molecule has 0 heterocycles. The van der Waals surface area contributed by atoms with Crippen molar-refractivity contribution < 1.29 is 28.6 Å². The van der Waals surface area contributed by atoms with Crippen LogP contribution in [0, 0.1) is 0 Å². The second kappa shape index (κ2) is 56.7. The molecule has 392 valence electrons. The van der Waals surface area contributed by atoms with E-state index in [1.807, 2.05) is 0 Å². The van der Waals surface area contributed by atoms with E-state index >= 15 is 0 Å². The van der Waals surface area contributed by atoms with Gasteiger partial charge >= 0.3 is 17.9 Å². The molecule has 0 aromatic heterocycles. The summed E-state index contributed by atoms with van der Waals surface area (Å²) >= 11 is 0. The Morgan fingerprint density at radius 2 is 0.580 bits per heavy atom. The van der Waals surface area contributed by atoms with Crippen molar-refractivity contribution in [2.75, 3.05) is 13.2 Å². The Kier molecular flexibility index (Phi) is 53.4. The average molecular weight is 958 g/mol. The monoisotopic (exact) mass is 957 g/mol. The summed E-state index contributed by atoms with van der Waals surface area (Å²) in [6.45, 7) is 6.44. The van der Waals surface area contributed by atoms with Crippen LogP contribution in [0.1, 0.15) is 252 Å². The summed E-state index contributed by atoms with van der Waals surface area (Å²) in [7, 11) is 0. The fraction of sp³-hybridized carbons (Fsp3) is 0.667. The van der Waals surface area contributed by atoms with Gasteiger partial charge in [0.2, 0.25) is 0 Å². The van der Waals surface area contributed by atoms with Crippen LogP contribution in [0.5, 0.6) is 0 Å². The van der Waals surface area contributed by atoms with Crippen molar-refractivity contribution in [1.82, 2.24) is 0 Å². The molecule has 0 aromatic carbocycles. The van der Waals surface area contributed by atoms with Gasteiger partial charge in [-0.25, -0.2) is 0 Å². The van der Waals surface area contributed by atoms with Gasteiger partial charge in [-0.05, 0) is 103 Å². The van der Waals surface area contributed by atoms with Crippen LogP contribution in [0.2, 0.25) is 0 Å². The number of esters is 3. The molecule has 0 aliphatic rings. The number of hydrogen-bond donors (Lipinski definition) is 0. The zero-order valence-electron chi connectivity index (χ0n) is 44.8. The number of carbonyl (C=O) groups is 3. The normalized spacial score (nSPS) is 12.9. The van der Waals surface area contributed by atoms with Gasteiger partial charge < -0.3 is 14.2 Å². The number of carbonyl (C=O) groups excluding carboxylic acids is 3. The maximum atomic E-state index is 12.8. The lowest BCUT2D eigenvalue weighted by Gasteiger charge is -2.18. The zero-order valence-corrected chi connectivity index (χ0v) is 44.8. The predicted octanol–water partition coefficient (Wildman–Crippen LogP) is 19.1. The summed E-state index contributed by atoms with van der Waals surface area (Å²) in [5.41, 5.74) is 0. The first kappa shape index (κ1) is 65.1. The van der Waals surface area contributed by atoms with E-state index in [4.69, 9.17) is 14.2 Å². The summed E-state index contributed by atoms with van der Waals surface area (Å²) in [4.78, 5) is 38.0. The molecule has 1 atom stereocenters. The highest BCUT2D eigenvalue weighted by Gasteiger charge is 2.19. The summed E-state index contributed by atoms with van der Waals surface area (Å²) in [6, 6.07) is 0. The maximum Gasteiger partial charge on any atom is 0.306 e. The van der Waals surface area contributed by atoms with Crippen molar-refractivity contribution in [2.45, 2.75) is 258 Å². The van der Waals surface area contributed by atoms with E-state index in [9.17, 15) is 14.4 Å². The number of hydrogen-bond acceptors (Lipinski definition) is 6. The van der Waals surface area contributed by atoms with E-state index < -0.39 is 6.10 Å². The van der Waals surface area contributed by atoms with Gasteiger partial charge in [-0.1, -0.05) is 239 Å². The molecule has 0 saturated heterocycles. The van der Waals surface area contributed by atoms with Crippen molar-refractivity contribution in [3.63, 3.8) is 0 Å². The third-order valence-electron chi connectivity index (χ3n) is 11.8. The molecule has 0 aliphatic carbocycles. The van der Waals surface area contributed by atoms with Gasteiger partial charge in [0.1, 0.15) is 13.2 Å². The van der Waals surface area contributed by atoms with Crippen LogP contribution in [-0.4, -0.2) is 37.2 Å². The van der Waals surface area contributed by atoms with Crippen molar-refractivity contribution in [1.29, 1.82) is 0 Å². The third-order valence-corrected chi connectivity index (χ3v) is 11.8. The van der Waals surface area contributed by atoms with Gasteiger partial charge in [0.25, 0.3) is 0 Å². The van der Waals surface area contributed by atoms with Crippen LogP contribution < -0.4 is 0 Å². The maximum absolute atomic E-state index is 12.8. The number of allylic oxidation sites excluding steroid dienone is 18.